The van der Waals surface area contributed by atoms with Crippen LogP contribution in [-0.2, 0) is 4.79 Å². The van der Waals surface area contributed by atoms with E-state index in [0.717, 1.165) is 47.1 Å². The van der Waals surface area contributed by atoms with E-state index in [1.807, 2.05) is 54.3 Å². The first kappa shape index (κ1) is 20.4. The molecule has 0 aromatic heterocycles. The van der Waals surface area contributed by atoms with Crippen LogP contribution >= 0.6 is 11.8 Å². The number of benzene rings is 2. The summed E-state index contributed by atoms with van der Waals surface area (Å²) in [6.07, 6.45) is 1.92. The summed E-state index contributed by atoms with van der Waals surface area (Å²) in [6.45, 7) is 3.38. The Morgan fingerprint density at radius 3 is 2.54 bits per heavy atom. The minimum atomic E-state index is 0.0264. The van der Waals surface area contributed by atoms with E-state index in [-0.39, 0.29) is 11.9 Å². The molecule has 2 aromatic carbocycles. The average Bonchev–Trinajstić information content (AvgIpc) is 3.22. The summed E-state index contributed by atoms with van der Waals surface area (Å²) in [7, 11) is 3.31. The third-order valence-corrected chi connectivity index (χ3v) is 5.86. The Hall–Kier alpha value is -2.34. The zero-order chi connectivity index (χ0) is 19.9. The number of rotatable bonds is 8. The number of methoxy groups -OCH3 is 2. The molecule has 3 rings (SSSR count). The Morgan fingerprint density at radius 1 is 1.11 bits per heavy atom. The maximum atomic E-state index is 12.9. The molecule has 1 unspecified atom stereocenters. The predicted molar refractivity (Wildman–Crippen MR) is 112 cm³/mol. The van der Waals surface area contributed by atoms with Crippen LogP contribution in [0.2, 0.25) is 0 Å². The summed E-state index contributed by atoms with van der Waals surface area (Å²) in [5.74, 6) is 2.98. The lowest BCUT2D eigenvalue weighted by Gasteiger charge is -2.26. The van der Waals surface area contributed by atoms with Crippen LogP contribution in [0.5, 0.6) is 17.2 Å². The highest BCUT2D eigenvalue weighted by atomic mass is 32.2. The molecule has 1 saturated heterocycles. The smallest absolute Gasteiger partial charge is 0.233 e. The van der Waals surface area contributed by atoms with Crippen LogP contribution in [0.4, 0.5) is 0 Å². The summed E-state index contributed by atoms with van der Waals surface area (Å²) in [4.78, 5) is 16.0. The molecule has 28 heavy (non-hydrogen) atoms. The number of carbonyl (C=O) groups excluding carboxylic acids is 1. The van der Waals surface area contributed by atoms with E-state index < -0.39 is 0 Å². The minimum absolute atomic E-state index is 0.0264. The lowest BCUT2D eigenvalue weighted by Crippen LogP contribution is -2.32. The fourth-order valence-electron chi connectivity index (χ4n) is 3.52. The fraction of sp³-hybridized carbons (Fsp3) is 0.409. The van der Waals surface area contributed by atoms with Gasteiger partial charge in [-0.1, -0.05) is 0 Å². The van der Waals surface area contributed by atoms with Crippen molar-refractivity contribution in [1.29, 1.82) is 0 Å². The Labute approximate surface area is 171 Å². The van der Waals surface area contributed by atoms with Crippen LogP contribution < -0.4 is 14.2 Å². The van der Waals surface area contributed by atoms with Crippen LogP contribution in [0, 0.1) is 0 Å². The van der Waals surface area contributed by atoms with Crippen molar-refractivity contribution in [2.75, 3.05) is 33.1 Å². The summed E-state index contributed by atoms with van der Waals surface area (Å²) in [6, 6.07) is 13.7. The first-order valence-corrected chi connectivity index (χ1v) is 10.5. The minimum Gasteiger partial charge on any atom is -0.497 e. The van der Waals surface area contributed by atoms with Crippen molar-refractivity contribution in [2.45, 2.75) is 30.7 Å². The highest BCUT2D eigenvalue weighted by Gasteiger charge is 2.32. The molecule has 0 radical (unpaired) electrons. The van der Waals surface area contributed by atoms with Crippen molar-refractivity contribution in [3.63, 3.8) is 0 Å². The van der Waals surface area contributed by atoms with Crippen molar-refractivity contribution in [2.24, 2.45) is 0 Å². The number of nitrogens with zero attached hydrogens (tertiary/aromatic N) is 1. The fourth-order valence-corrected chi connectivity index (χ4v) is 4.30. The molecule has 1 fully saturated rings. The Balaban J connectivity index is 1.68. The topological polar surface area (TPSA) is 48.0 Å². The second-order valence-corrected chi connectivity index (χ2v) is 7.59. The molecular formula is C22H27NO4S. The van der Waals surface area contributed by atoms with Crippen molar-refractivity contribution in [3.05, 3.63) is 48.0 Å². The van der Waals surface area contributed by atoms with Gasteiger partial charge in [0.15, 0.2) is 0 Å². The number of amides is 1. The molecule has 6 heteroatoms. The SMILES string of the molecule is CCOc1ccc(SCC(=O)N2CCCC2c2cc(OC)ccc2OC)cc1. The van der Waals surface area contributed by atoms with Gasteiger partial charge in [-0.3, -0.25) is 4.79 Å². The van der Waals surface area contributed by atoms with Gasteiger partial charge in [-0.2, -0.15) is 0 Å². The van der Waals surface area contributed by atoms with E-state index in [1.54, 1.807) is 26.0 Å². The molecule has 5 nitrogen and oxygen atoms in total. The monoisotopic (exact) mass is 401 g/mol. The molecule has 0 saturated carbocycles. The Bertz CT molecular complexity index is 794. The maximum Gasteiger partial charge on any atom is 0.233 e. The number of thioether (sulfide) groups is 1. The molecule has 1 amide bonds. The van der Waals surface area contributed by atoms with E-state index in [0.29, 0.717) is 12.4 Å². The first-order chi connectivity index (χ1) is 13.7. The lowest BCUT2D eigenvalue weighted by atomic mass is 10.0. The second kappa shape index (κ2) is 9.73. The standard InChI is InChI=1S/C22H27NO4S/c1-4-27-16-7-10-18(11-8-16)28-15-22(24)23-13-5-6-20(23)19-14-17(25-2)9-12-21(19)26-3/h7-12,14,20H,4-6,13,15H2,1-3H3. The van der Waals surface area contributed by atoms with Crippen molar-refractivity contribution < 1.29 is 19.0 Å². The normalized spacial score (nSPS) is 16.1. The number of ether oxygens (including phenoxy) is 3. The molecule has 1 atom stereocenters. The van der Waals surface area contributed by atoms with Crippen LogP contribution in [0.3, 0.4) is 0 Å². The van der Waals surface area contributed by atoms with Gasteiger partial charge in [0.25, 0.3) is 0 Å². The van der Waals surface area contributed by atoms with E-state index in [4.69, 9.17) is 14.2 Å². The van der Waals surface area contributed by atoms with Crippen LogP contribution in [0.25, 0.3) is 0 Å². The molecule has 0 bridgehead atoms. The van der Waals surface area contributed by atoms with Gasteiger partial charge in [-0.15, -0.1) is 11.8 Å². The number of carbonyl (C=O) groups is 1. The van der Waals surface area contributed by atoms with Crippen LogP contribution in [0.15, 0.2) is 47.4 Å². The van der Waals surface area contributed by atoms with Gasteiger partial charge in [-0.25, -0.2) is 0 Å². The van der Waals surface area contributed by atoms with E-state index in [2.05, 4.69) is 0 Å². The van der Waals surface area contributed by atoms with Gasteiger partial charge in [0.1, 0.15) is 17.2 Å². The maximum absolute atomic E-state index is 12.9. The number of likely N-dealkylation sites (tertiary alicyclic amines) is 1. The highest BCUT2D eigenvalue weighted by Crippen LogP contribution is 2.39. The molecule has 0 aliphatic carbocycles. The summed E-state index contributed by atoms with van der Waals surface area (Å²) >= 11 is 1.55. The van der Waals surface area contributed by atoms with Crippen molar-refractivity contribution >= 4 is 17.7 Å². The van der Waals surface area contributed by atoms with Crippen LogP contribution in [-0.4, -0.2) is 43.9 Å². The van der Waals surface area contributed by atoms with Gasteiger partial charge < -0.3 is 19.1 Å². The van der Waals surface area contributed by atoms with Crippen molar-refractivity contribution in [3.8, 4) is 17.2 Å². The summed E-state index contributed by atoms with van der Waals surface area (Å²) in [5, 5.41) is 0. The van der Waals surface area contributed by atoms with Gasteiger partial charge >= 0.3 is 0 Å². The van der Waals surface area contributed by atoms with Gasteiger partial charge in [-0.05, 0) is 62.2 Å². The Morgan fingerprint density at radius 2 is 1.86 bits per heavy atom. The number of hydrogen-bond donors (Lipinski definition) is 0. The van der Waals surface area contributed by atoms with Crippen LogP contribution in [0.1, 0.15) is 31.4 Å². The van der Waals surface area contributed by atoms with Crippen molar-refractivity contribution in [1.82, 2.24) is 4.90 Å². The third-order valence-electron chi connectivity index (χ3n) is 4.87. The van der Waals surface area contributed by atoms with Gasteiger partial charge in [0.05, 0.1) is 32.6 Å². The third kappa shape index (κ3) is 4.73. The molecule has 2 aromatic rings. The van der Waals surface area contributed by atoms with E-state index in [1.165, 1.54) is 0 Å². The van der Waals surface area contributed by atoms with Gasteiger partial charge in [0.2, 0.25) is 5.91 Å². The average molecular weight is 402 g/mol. The first-order valence-electron chi connectivity index (χ1n) is 9.53. The molecule has 0 N–H and O–H groups in total. The molecule has 150 valence electrons. The quantitative estimate of drug-likeness (QED) is 0.607. The summed E-state index contributed by atoms with van der Waals surface area (Å²) < 4.78 is 16.4. The lowest BCUT2D eigenvalue weighted by molar-refractivity contribution is -0.129. The zero-order valence-electron chi connectivity index (χ0n) is 16.6. The number of hydrogen-bond acceptors (Lipinski definition) is 5. The van der Waals surface area contributed by atoms with E-state index >= 15 is 0 Å². The molecule has 1 aliphatic rings. The molecule has 0 spiro atoms. The largest absolute Gasteiger partial charge is 0.497 e. The zero-order valence-corrected chi connectivity index (χ0v) is 17.5. The Kier molecular flexibility index (Phi) is 7.09. The molecular weight excluding hydrogens is 374 g/mol. The molecule has 1 heterocycles. The summed E-state index contributed by atoms with van der Waals surface area (Å²) in [5.41, 5.74) is 1.01. The van der Waals surface area contributed by atoms with E-state index in [9.17, 15) is 4.79 Å². The van der Waals surface area contributed by atoms with Gasteiger partial charge in [0, 0.05) is 17.0 Å². The predicted octanol–water partition coefficient (Wildman–Crippen LogP) is 4.56. The molecule has 1 aliphatic heterocycles. The second-order valence-electron chi connectivity index (χ2n) is 6.55. The highest BCUT2D eigenvalue weighted by molar-refractivity contribution is 8.00.